The Morgan fingerprint density at radius 1 is 1.14 bits per heavy atom. The van der Waals surface area contributed by atoms with Gasteiger partial charge in [0.25, 0.3) is 0 Å². The summed E-state index contributed by atoms with van der Waals surface area (Å²) in [4.78, 5) is 37.3. The maximum absolute atomic E-state index is 14.2. The number of esters is 1. The maximum Gasteiger partial charge on any atom is 0.429 e. The Bertz CT molecular complexity index is 1330. The van der Waals surface area contributed by atoms with Crippen molar-refractivity contribution >= 4 is 55.7 Å². The molecule has 2 aromatic rings. The molecule has 2 N–H and O–H groups in total. The van der Waals surface area contributed by atoms with E-state index in [1.807, 2.05) is 4.90 Å². The molecule has 1 aromatic heterocycles. The Hall–Kier alpha value is -2.81. The number of ether oxygens (including phenoxy) is 3. The number of aromatic nitrogens is 2. The monoisotopic (exact) mass is 735 g/mol. The quantitative estimate of drug-likeness (QED) is 0.335. The molecule has 2 aliphatic rings. The number of benzene rings is 1. The number of hydrogen-bond donors (Lipinski definition) is 1. The van der Waals surface area contributed by atoms with Crippen molar-refractivity contribution in [1.29, 1.82) is 0 Å². The number of nitrogens with zero attached hydrogens (tertiary/aromatic N) is 4. The highest BCUT2D eigenvalue weighted by molar-refractivity contribution is 9.11. The molecule has 0 aliphatic carbocycles. The summed E-state index contributed by atoms with van der Waals surface area (Å²) in [6.45, 7) is 8.38. The second kappa shape index (κ2) is 12.7. The Kier molecular flexibility index (Phi) is 9.74. The van der Waals surface area contributed by atoms with E-state index in [0.717, 1.165) is 0 Å². The standard InChI is InChI=1S/C28H34Br2F3N5O5/c1-5-41-23(39)18-14-27(15-38(18)25(40)43-26(2,3)4)9-11-37(12-10-27)19-13-20(36-24(34)35-19)42-22(28(31,32)33)21-16(29)7-6-8-17(21)30/h6-8,13,18,22H,5,9-12,14-15H2,1-4H3,(H2,34,35,36)/t18-,22+/m0/s1. The lowest BCUT2D eigenvalue weighted by Crippen LogP contribution is -2.45. The van der Waals surface area contributed by atoms with Crippen molar-refractivity contribution in [2.45, 2.75) is 70.9 Å². The van der Waals surface area contributed by atoms with Crippen LogP contribution in [0.5, 0.6) is 5.88 Å². The van der Waals surface area contributed by atoms with Gasteiger partial charge >= 0.3 is 18.2 Å². The van der Waals surface area contributed by atoms with Crippen LogP contribution >= 0.6 is 31.9 Å². The highest BCUT2D eigenvalue weighted by atomic mass is 79.9. The van der Waals surface area contributed by atoms with Gasteiger partial charge in [-0.25, -0.2) is 9.59 Å². The average molecular weight is 737 g/mol. The van der Waals surface area contributed by atoms with Crippen LogP contribution in [-0.2, 0) is 14.3 Å². The number of carbonyl (C=O) groups is 2. The summed E-state index contributed by atoms with van der Waals surface area (Å²) in [6.07, 6.45) is -6.10. The zero-order chi connectivity index (χ0) is 31.7. The minimum absolute atomic E-state index is 0.138. The molecule has 0 saturated carbocycles. The summed E-state index contributed by atoms with van der Waals surface area (Å²) in [5, 5.41) is 0. The molecule has 15 heteroatoms. The van der Waals surface area contributed by atoms with E-state index in [4.69, 9.17) is 19.9 Å². The lowest BCUT2D eigenvalue weighted by Gasteiger charge is -2.39. The van der Waals surface area contributed by atoms with Crippen molar-refractivity contribution in [3.05, 3.63) is 38.8 Å². The van der Waals surface area contributed by atoms with Crippen molar-refractivity contribution in [3.8, 4) is 5.88 Å². The topological polar surface area (TPSA) is 120 Å². The summed E-state index contributed by atoms with van der Waals surface area (Å²) in [7, 11) is 0. The van der Waals surface area contributed by atoms with Crippen LogP contribution in [0.4, 0.5) is 29.7 Å². The normalized spacial score (nSPS) is 19.3. The van der Waals surface area contributed by atoms with Crippen LogP contribution in [0.25, 0.3) is 0 Å². The first-order valence-electron chi connectivity index (χ1n) is 13.7. The van der Waals surface area contributed by atoms with Crippen LogP contribution in [-0.4, -0.2) is 71.0 Å². The summed E-state index contributed by atoms with van der Waals surface area (Å²) in [5.74, 6) is -0.728. The van der Waals surface area contributed by atoms with Crippen molar-refractivity contribution in [2.75, 3.05) is 36.9 Å². The van der Waals surface area contributed by atoms with E-state index in [1.54, 1.807) is 33.8 Å². The zero-order valence-electron chi connectivity index (χ0n) is 24.2. The van der Waals surface area contributed by atoms with Crippen molar-refractivity contribution < 1.29 is 37.0 Å². The number of alkyl halides is 3. The average Bonchev–Trinajstić information content (AvgIpc) is 3.26. The van der Waals surface area contributed by atoms with Crippen molar-refractivity contribution in [1.82, 2.24) is 14.9 Å². The van der Waals surface area contributed by atoms with Crippen molar-refractivity contribution in [3.63, 3.8) is 0 Å². The summed E-state index contributed by atoms with van der Waals surface area (Å²) in [6, 6.07) is 5.14. The van der Waals surface area contributed by atoms with Gasteiger partial charge in [-0.15, -0.1) is 0 Å². The van der Waals surface area contributed by atoms with Gasteiger partial charge in [0.2, 0.25) is 17.9 Å². The van der Waals surface area contributed by atoms with E-state index in [0.29, 0.717) is 44.7 Å². The molecule has 1 amide bonds. The molecular formula is C28H34Br2F3N5O5. The number of amides is 1. The van der Waals surface area contributed by atoms with E-state index < -0.39 is 36.0 Å². The van der Waals surface area contributed by atoms with E-state index >= 15 is 0 Å². The molecule has 2 fully saturated rings. The molecule has 43 heavy (non-hydrogen) atoms. The zero-order valence-corrected chi connectivity index (χ0v) is 27.4. The molecular weight excluding hydrogens is 703 g/mol. The fourth-order valence-corrected chi connectivity index (χ4v) is 6.83. The van der Waals surface area contributed by atoms with Crippen LogP contribution in [0.15, 0.2) is 33.2 Å². The number of rotatable bonds is 6. The molecule has 3 heterocycles. The third kappa shape index (κ3) is 7.83. The number of nitrogens with two attached hydrogens (primary N) is 1. The predicted molar refractivity (Wildman–Crippen MR) is 160 cm³/mol. The Morgan fingerprint density at radius 3 is 2.33 bits per heavy atom. The molecule has 2 atom stereocenters. The van der Waals surface area contributed by atoms with Gasteiger partial charge in [0.05, 0.1) is 6.61 Å². The summed E-state index contributed by atoms with van der Waals surface area (Å²) < 4.78 is 59.2. The Morgan fingerprint density at radius 2 is 1.77 bits per heavy atom. The molecule has 10 nitrogen and oxygen atoms in total. The largest absolute Gasteiger partial charge is 0.464 e. The Balaban J connectivity index is 1.53. The lowest BCUT2D eigenvalue weighted by molar-refractivity contribution is -0.199. The number of hydrogen-bond acceptors (Lipinski definition) is 9. The van der Waals surface area contributed by atoms with Gasteiger partial charge in [-0.1, -0.05) is 37.9 Å². The number of nitrogen functional groups attached to an aromatic ring is 1. The molecule has 4 rings (SSSR count). The Labute approximate surface area is 264 Å². The summed E-state index contributed by atoms with van der Waals surface area (Å²) in [5.41, 5.74) is 4.66. The van der Waals surface area contributed by atoms with E-state index in [2.05, 4.69) is 41.8 Å². The number of likely N-dealkylation sites (tertiary alicyclic amines) is 1. The minimum Gasteiger partial charge on any atom is -0.464 e. The van der Waals surface area contributed by atoms with Crippen LogP contribution in [0, 0.1) is 5.41 Å². The highest BCUT2D eigenvalue weighted by Crippen LogP contribution is 2.46. The molecule has 1 spiro atoms. The number of halogens is 5. The van der Waals surface area contributed by atoms with Gasteiger partial charge in [0.1, 0.15) is 17.5 Å². The first-order valence-corrected chi connectivity index (χ1v) is 15.3. The third-order valence-corrected chi connectivity index (χ3v) is 8.73. The van der Waals surface area contributed by atoms with Gasteiger partial charge in [0, 0.05) is 40.2 Å². The maximum atomic E-state index is 14.2. The van der Waals surface area contributed by atoms with Gasteiger partial charge < -0.3 is 24.8 Å². The fraction of sp³-hybridized carbons (Fsp3) is 0.571. The van der Waals surface area contributed by atoms with Crippen molar-refractivity contribution in [2.24, 2.45) is 5.41 Å². The minimum atomic E-state index is -4.76. The van der Waals surface area contributed by atoms with Crippen LogP contribution < -0.4 is 15.4 Å². The third-order valence-electron chi connectivity index (χ3n) is 7.35. The van der Waals surface area contributed by atoms with E-state index in [1.165, 1.54) is 23.1 Å². The molecule has 0 bridgehead atoms. The van der Waals surface area contributed by atoms with Crippen LogP contribution in [0.2, 0.25) is 0 Å². The predicted octanol–water partition coefficient (Wildman–Crippen LogP) is 6.43. The molecule has 1 aromatic carbocycles. The first-order chi connectivity index (χ1) is 20.0. The number of anilines is 2. The molecule has 2 saturated heterocycles. The van der Waals surface area contributed by atoms with E-state index in [-0.39, 0.29) is 38.4 Å². The molecule has 0 unspecified atom stereocenters. The highest BCUT2D eigenvalue weighted by Gasteiger charge is 2.51. The second-order valence-corrected chi connectivity index (χ2v) is 13.4. The van der Waals surface area contributed by atoms with Crippen LogP contribution in [0.3, 0.4) is 0 Å². The van der Waals surface area contributed by atoms with E-state index in [9.17, 15) is 22.8 Å². The lowest BCUT2D eigenvalue weighted by atomic mass is 9.76. The number of piperidine rings is 1. The smallest absolute Gasteiger partial charge is 0.429 e. The SMILES string of the molecule is CCOC(=O)[C@@H]1CC2(CCN(c3cc(O[C@H](c4c(Br)cccc4Br)C(F)(F)F)nc(N)n3)CC2)CN1C(=O)OC(C)(C)C. The van der Waals surface area contributed by atoms with Crippen LogP contribution in [0.1, 0.15) is 58.6 Å². The molecule has 0 radical (unpaired) electrons. The first kappa shape index (κ1) is 33.1. The second-order valence-electron chi connectivity index (χ2n) is 11.7. The van der Waals surface area contributed by atoms with Gasteiger partial charge in [0.15, 0.2) is 0 Å². The van der Waals surface area contributed by atoms with Gasteiger partial charge in [-0.2, -0.15) is 23.1 Å². The van der Waals surface area contributed by atoms with Gasteiger partial charge in [-0.3, -0.25) is 4.90 Å². The summed E-state index contributed by atoms with van der Waals surface area (Å²) >= 11 is 6.37. The molecule has 236 valence electrons. The van der Waals surface area contributed by atoms with Gasteiger partial charge in [-0.05, 0) is 64.5 Å². The molecule has 2 aliphatic heterocycles. The fourth-order valence-electron chi connectivity index (χ4n) is 5.41. The number of carbonyl (C=O) groups excluding carboxylic acids is 2.